The Morgan fingerprint density at radius 1 is 1.23 bits per heavy atom. The molecule has 0 saturated carbocycles. The summed E-state index contributed by atoms with van der Waals surface area (Å²) in [5.41, 5.74) is 1.02. The molecule has 0 fully saturated rings. The first-order valence-electron chi connectivity index (χ1n) is 7.77. The number of furan rings is 1. The Bertz CT molecular complexity index is 1010. The number of nitrogens with zero attached hydrogens (tertiary/aromatic N) is 3. The van der Waals surface area contributed by atoms with Gasteiger partial charge in [-0.3, -0.25) is 4.79 Å². The second-order valence-electron chi connectivity index (χ2n) is 5.72. The SMILES string of the molecule is CN(C(=O)CCc1nc(-c2ccoc2)no1)c1ccccc1S(C)(=O)=O. The summed E-state index contributed by atoms with van der Waals surface area (Å²) in [5.74, 6) is 0.445. The van der Waals surface area contributed by atoms with E-state index in [9.17, 15) is 13.2 Å². The predicted molar refractivity (Wildman–Crippen MR) is 93.3 cm³/mol. The molecule has 26 heavy (non-hydrogen) atoms. The maximum atomic E-state index is 12.5. The Morgan fingerprint density at radius 3 is 2.69 bits per heavy atom. The summed E-state index contributed by atoms with van der Waals surface area (Å²) in [6.07, 6.45) is 4.45. The third-order valence-electron chi connectivity index (χ3n) is 3.80. The number of rotatable bonds is 6. The van der Waals surface area contributed by atoms with Crippen LogP contribution in [0.5, 0.6) is 0 Å². The summed E-state index contributed by atoms with van der Waals surface area (Å²) in [6.45, 7) is 0. The topological polar surface area (TPSA) is 107 Å². The van der Waals surface area contributed by atoms with E-state index in [1.807, 2.05) is 0 Å². The first-order valence-corrected chi connectivity index (χ1v) is 9.66. The van der Waals surface area contributed by atoms with Crippen LogP contribution < -0.4 is 4.90 Å². The van der Waals surface area contributed by atoms with Gasteiger partial charge in [0, 0.05) is 26.1 Å². The second kappa shape index (κ2) is 7.12. The van der Waals surface area contributed by atoms with Crippen LogP contribution in [0.2, 0.25) is 0 Å². The number of hydrogen-bond donors (Lipinski definition) is 0. The molecule has 3 rings (SSSR count). The molecule has 3 aromatic rings. The standard InChI is InChI=1S/C17H17N3O5S/c1-20(13-5-3-4-6-14(13)26(2,22)23)16(21)8-7-15-18-17(19-25-15)12-9-10-24-11-12/h3-6,9-11H,7-8H2,1-2H3. The van der Waals surface area contributed by atoms with Gasteiger partial charge in [0.05, 0.1) is 22.4 Å². The molecule has 0 aliphatic carbocycles. The molecule has 0 atom stereocenters. The van der Waals surface area contributed by atoms with Crippen molar-refractivity contribution >= 4 is 21.4 Å². The molecule has 9 heteroatoms. The number of anilines is 1. The van der Waals surface area contributed by atoms with Crippen LogP contribution in [0.25, 0.3) is 11.4 Å². The highest BCUT2D eigenvalue weighted by Crippen LogP contribution is 2.24. The number of carbonyl (C=O) groups excluding carboxylic acids is 1. The van der Waals surface area contributed by atoms with Crippen LogP contribution in [0.3, 0.4) is 0 Å². The van der Waals surface area contributed by atoms with E-state index in [4.69, 9.17) is 8.94 Å². The normalized spacial score (nSPS) is 11.5. The van der Waals surface area contributed by atoms with Crippen molar-refractivity contribution in [1.82, 2.24) is 10.1 Å². The van der Waals surface area contributed by atoms with Gasteiger partial charge < -0.3 is 13.8 Å². The zero-order valence-electron chi connectivity index (χ0n) is 14.2. The number of benzene rings is 1. The van der Waals surface area contributed by atoms with Crippen LogP contribution >= 0.6 is 0 Å². The van der Waals surface area contributed by atoms with E-state index < -0.39 is 9.84 Å². The monoisotopic (exact) mass is 375 g/mol. The van der Waals surface area contributed by atoms with E-state index >= 15 is 0 Å². The number of aromatic nitrogens is 2. The van der Waals surface area contributed by atoms with Crippen molar-refractivity contribution in [2.75, 3.05) is 18.2 Å². The molecule has 1 aromatic carbocycles. The van der Waals surface area contributed by atoms with Gasteiger partial charge in [0.2, 0.25) is 17.6 Å². The highest BCUT2D eigenvalue weighted by Gasteiger charge is 2.20. The lowest BCUT2D eigenvalue weighted by Gasteiger charge is -2.19. The van der Waals surface area contributed by atoms with Crippen molar-refractivity contribution in [2.24, 2.45) is 0 Å². The fraction of sp³-hybridized carbons (Fsp3) is 0.235. The van der Waals surface area contributed by atoms with Gasteiger partial charge in [-0.15, -0.1) is 0 Å². The molecule has 0 unspecified atom stereocenters. The van der Waals surface area contributed by atoms with Crippen molar-refractivity contribution in [1.29, 1.82) is 0 Å². The molecule has 0 bridgehead atoms. The van der Waals surface area contributed by atoms with E-state index in [0.717, 1.165) is 6.26 Å². The van der Waals surface area contributed by atoms with Gasteiger partial charge in [0.15, 0.2) is 9.84 Å². The molecule has 0 aliphatic rings. The molecule has 2 heterocycles. The van der Waals surface area contributed by atoms with Crippen LogP contribution in [0.4, 0.5) is 5.69 Å². The number of sulfone groups is 1. The maximum absolute atomic E-state index is 12.5. The van der Waals surface area contributed by atoms with Crippen molar-refractivity contribution in [3.63, 3.8) is 0 Å². The second-order valence-corrected chi connectivity index (χ2v) is 7.70. The van der Waals surface area contributed by atoms with Gasteiger partial charge in [-0.1, -0.05) is 17.3 Å². The summed E-state index contributed by atoms with van der Waals surface area (Å²) in [6, 6.07) is 8.08. The molecular weight excluding hydrogens is 358 g/mol. The number of para-hydroxylation sites is 1. The van der Waals surface area contributed by atoms with E-state index in [1.165, 1.54) is 30.5 Å². The molecule has 1 amide bonds. The molecule has 2 aromatic heterocycles. The van der Waals surface area contributed by atoms with Crippen LogP contribution in [-0.4, -0.2) is 37.8 Å². The quantitative estimate of drug-likeness (QED) is 0.651. The lowest BCUT2D eigenvalue weighted by atomic mass is 10.2. The zero-order valence-corrected chi connectivity index (χ0v) is 15.1. The van der Waals surface area contributed by atoms with Crippen molar-refractivity contribution < 1.29 is 22.2 Å². The minimum Gasteiger partial charge on any atom is -0.472 e. The number of aryl methyl sites for hydroxylation is 1. The summed E-state index contributed by atoms with van der Waals surface area (Å²) in [7, 11) is -1.91. The van der Waals surface area contributed by atoms with Crippen LogP contribution in [-0.2, 0) is 21.1 Å². The molecule has 0 aliphatic heterocycles. The van der Waals surface area contributed by atoms with E-state index in [-0.39, 0.29) is 23.6 Å². The highest BCUT2D eigenvalue weighted by atomic mass is 32.2. The fourth-order valence-corrected chi connectivity index (χ4v) is 3.34. The van der Waals surface area contributed by atoms with Gasteiger partial charge in [-0.05, 0) is 18.2 Å². The van der Waals surface area contributed by atoms with E-state index in [0.29, 0.717) is 23.0 Å². The van der Waals surface area contributed by atoms with Crippen molar-refractivity contribution in [3.8, 4) is 11.4 Å². The Labute approximate surface area is 150 Å². The molecular formula is C17H17N3O5S. The number of carbonyl (C=O) groups is 1. The summed E-state index contributed by atoms with van der Waals surface area (Å²) >= 11 is 0. The Balaban J connectivity index is 1.69. The molecule has 0 N–H and O–H groups in total. The minimum atomic E-state index is -3.44. The first kappa shape index (κ1) is 17.9. The van der Waals surface area contributed by atoms with E-state index in [2.05, 4.69) is 10.1 Å². The van der Waals surface area contributed by atoms with Crippen LogP contribution in [0.15, 0.2) is 56.7 Å². The summed E-state index contributed by atoms with van der Waals surface area (Å²) in [5, 5.41) is 3.84. The summed E-state index contributed by atoms with van der Waals surface area (Å²) in [4.78, 5) is 18.1. The maximum Gasteiger partial charge on any atom is 0.227 e. The predicted octanol–water partition coefficient (Wildman–Crippen LogP) is 2.33. The zero-order chi connectivity index (χ0) is 18.7. The van der Waals surface area contributed by atoms with Gasteiger partial charge in [0.25, 0.3) is 0 Å². The van der Waals surface area contributed by atoms with Gasteiger partial charge >= 0.3 is 0 Å². The first-order chi connectivity index (χ1) is 12.4. The lowest BCUT2D eigenvalue weighted by Crippen LogP contribution is -2.27. The average Bonchev–Trinajstić information content (AvgIpc) is 3.29. The van der Waals surface area contributed by atoms with Crippen LogP contribution in [0.1, 0.15) is 12.3 Å². The van der Waals surface area contributed by atoms with Crippen molar-refractivity contribution in [2.45, 2.75) is 17.7 Å². The van der Waals surface area contributed by atoms with E-state index in [1.54, 1.807) is 24.3 Å². The average molecular weight is 375 g/mol. The van der Waals surface area contributed by atoms with Crippen LogP contribution in [0, 0.1) is 0 Å². The molecule has 0 saturated heterocycles. The largest absolute Gasteiger partial charge is 0.472 e. The lowest BCUT2D eigenvalue weighted by molar-refractivity contribution is -0.118. The van der Waals surface area contributed by atoms with Gasteiger partial charge in [-0.25, -0.2) is 8.42 Å². The number of amides is 1. The Morgan fingerprint density at radius 2 is 2.00 bits per heavy atom. The Hall–Kier alpha value is -2.94. The fourth-order valence-electron chi connectivity index (χ4n) is 2.43. The van der Waals surface area contributed by atoms with Gasteiger partial charge in [-0.2, -0.15) is 4.98 Å². The molecule has 0 spiro atoms. The minimum absolute atomic E-state index is 0.0988. The number of hydrogen-bond acceptors (Lipinski definition) is 7. The summed E-state index contributed by atoms with van der Waals surface area (Å²) < 4.78 is 33.9. The highest BCUT2D eigenvalue weighted by molar-refractivity contribution is 7.90. The Kier molecular flexibility index (Phi) is 4.90. The van der Waals surface area contributed by atoms with Gasteiger partial charge in [0.1, 0.15) is 6.26 Å². The molecule has 136 valence electrons. The smallest absolute Gasteiger partial charge is 0.227 e. The third-order valence-corrected chi connectivity index (χ3v) is 4.94. The molecule has 0 radical (unpaired) electrons. The van der Waals surface area contributed by atoms with Crippen molar-refractivity contribution in [3.05, 3.63) is 48.7 Å². The molecule has 8 nitrogen and oxygen atoms in total. The third kappa shape index (κ3) is 3.83.